The Labute approximate surface area is 115 Å². The molecule has 1 aliphatic rings. The van der Waals surface area contributed by atoms with E-state index in [9.17, 15) is 13.2 Å². The van der Waals surface area contributed by atoms with Gasteiger partial charge in [-0.3, -0.25) is 4.90 Å². The fourth-order valence-corrected chi connectivity index (χ4v) is 2.73. The van der Waals surface area contributed by atoms with Crippen molar-refractivity contribution in [2.45, 2.75) is 25.8 Å². The second-order valence-electron chi connectivity index (χ2n) is 4.33. The molecule has 0 saturated carbocycles. The van der Waals surface area contributed by atoms with Crippen LogP contribution in [0.1, 0.15) is 16.7 Å². The molecule has 20 heavy (non-hydrogen) atoms. The minimum atomic E-state index is -4.47. The SMILES string of the molecule is Nc1nnc(CN2CCn3c(nnc3C(F)(F)F)C2)s1. The molecule has 3 heterocycles. The van der Waals surface area contributed by atoms with Crippen LogP contribution >= 0.6 is 11.3 Å². The number of hydrogen-bond donors (Lipinski definition) is 1. The maximum Gasteiger partial charge on any atom is 0.451 e. The summed E-state index contributed by atoms with van der Waals surface area (Å²) in [4.78, 5) is 1.93. The van der Waals surface area contributed by atoms with Crippen LogP contribution in [0.25, 0.3) is 0 Å². The zero-order valence-electron chi connectivity index (χ0n) is 10.1. The van der Waals surface area contributed by atoms with Gasteiger partial charge in [0.05, 0.1) is 13.1 Å². The summed E-state index contributed by atoms with van der Waals surface area (Å²) < 4.78 is 39.2. The van der Waals surface area contributed by atoms with Crippen LogP contribution in [0.15, 0.2) is 0 Å². The van der Waals surface area contributed by atoms with Gasteiger partial charge in [-0.15, -0.1) is 20.4 Å². The molecule has 1 aliphatic heterocycles. The van der Waals surface area contributed by atoms with Crippen LogP contribution < -0.4 is 5.73 Å². The lowest BCUT2D eigenvalue weighted by Crippen LogP contribution is -2.34. The molecule has 0 unspecified atom stereocenters. The highest BCUT2D eigenvalue weighted by Crippen LogP contribution is 2.29. The van der Waals surface area contributed by atoms with Crippen molar-refractivity contribution in [2.75, 3.05) is 12.3 Å². The molecule has 11 heteroatoms. The fourth-order valence-electron chi connectivity index (χ4n) is 2.07. The number of aromatic nitrogens is 5. The zero-order chi connectivity index (χ0) is 14.3. The average Bonchev–Trinajstić information content (AvgIpc) is 2.94. The molecule has 0 spiro atoms. The molecule has 0 bridgehead atoms. The Kier molecular flexibility index (Phi) is 3.09. The molecule has 0 saturated heterocycles. The van der Waals surface area contributed by atoms with Crippen LogP contribution in [0.3, 0.4) is 0 Å². The Hall–Kier alpha value is -1.75. The highest BCUT2D eigenvalue weighted by molar-refractivity contribution is 7.15. The quantitative estimate of drug-likeness (QED) is 0.881. The topological polar surface area (TPSA) is 85.8 Å². The maximum absolute atomic E-state index is 12.7. The van der Waals surface area contributed by atoms with Crippen LogP contribution in [0.5, 0.6) is 0 Å². The summed E-state index contributed by atoms with van der Waals surface area (Å²) in [5.74, 6) is -0.631. The van der Waals surface area contributed by atoms with Gasteiger partial charge in [0.2, 0.25) is 11.0 Å². The Morgan fingerprint density at radius 2 is 1.95 bits per heavy atom. The number of alkyl halides is 3. The largest absolute Gasteiger partial charge is 0.451 e. The highest BCUT2D eigenvalue weighted by atomic mass is 32.1. The third-order valence-corrected chi connectivity index (χ3v) is 3.66. The molecule has 108 valence electrons. The van der Waals surface area contributed by atoms with E-state index >= 15 is 0 Å². The first-order valence-corrected chi connectivity index (χ1v) is 6.54. The van der Waals surface area contributed by atoms with E-state index in [1.165, 1.54) is 11.3 Å². The summed E-state index contributed by atoms with van der Waals surface area (Å²) in [5, 5.41) is 15.5. The summed E-state index contributed by atoms with van der Waals surface area (Å²) in [5.41, 5.74) is 5.49. The van der Waals surface area contributed by atoms with Crippen LogP contribution in [0.4, 0.5) is 18.3 Å². The van der Waals surface area contributed by atoms with Gasteiger partial charge in [-0.1, -0.05) is 11.3 Å². The second kappa shape index (κ2) is 4.66. The van der Waals surface area contributed by atoms with Crippen molar-refractivity contribution in [1.82, 2.24) is 29.9 Å². The molecule has 0 aliphatic carbocycles. The van der Waals surface area contributed by atoms with Gasteiger partial charge in [0, 0.05) is 13.1 Å². The van der Waals surface area contributed by atoms with E-state index in [1.54, 1.807) is 0 Å². The number of nitrogens with zero attached hydrogens (tertiary/aromatic N) is 6. The summed E-state index contributed by atoms with van der Waals surface area (Å²) >= 11 is 1.26. The fraction of sp³-hybridized carbons (Fsp3) is 0.556. The van der Waals surface area contributed by atoms with Crippen molar-refractivity contribution >= 4 is 16.5 Å². The van der Waals surface area contributed by atoms with Crippen molar-refractivity contribution in [3.05, 3.63) is 16.7 Å². The average molecular weight is 305 g/mol. The molecule has 2 aromatic heterocycles. The first-order valence-electron chi connectivity index (χ1n) is 5.73. The van der Waals surface area contributed by atoms with Crippen LogP contribution in [0.2, 0.25) is 0 Å². The summed E-state index contributed by atoms with van der Waals surface area (Å²) in [7, 11) is 0. The molecule has 0 amide bonds. The van der Waals surface area contributed by atoms with Gasteiger partial charge in [0.15, 0.2) is 0 Å². The number of rotatable bonds is 2. The van der Waals surface area contributed by atoms with Gasteiger partial charge >= 0.3 is 6.18 Å². The Bertz CT molecular complexity index is 619. The zero-order valence-corrected chi connectivity index (χ0v) is 10.9. The number of anilines is 1. The Morgan fingerprint density at radius 3 is 2.60 bits per heavy atom. The highest BCUT2D eigenvalue weighted by Gasteiger charge is 2.39. The normalized spacial score (nSPS) is 16.4. The standard InChI is InChI=1S/C9H10F3N7S/c10-9(11,12)7-16-14-5-3-18(1-2-19(5)7)4-6-15-17-8(13)20-6/h1-4H2,(H2,13,17). The molecule has 0 fully saturated rings. The van der Waals surface area contributed by atoms with Crippen LogP contribution in [-0.4, -0.2) is 36.4 Å². The van der Waals surface area contributed by atoms with Crippen molar-refractivity contribution < 1.29 is 13.2 Å². The third kappa shape index (κ3) is 2.45. The number of nitrogen functional groups attached to an aromatic ring is 1. The molecule has 3 rings (SSSR count). The smallest absolute Gasteiger partial charge is 0.374 e. The molecular weight excluding hydrogens is 295 g/mol. The number of hydrogen-bond acceptors (Lipinski definition) is 7. The molecular formula is C9H10F3N7S. The van der Waals surface area contributed by atoms with E-state index in [0.29, 0.717) is 30.6 Å². The monoisotopic (exact) mass is 305 g/mol. The number of fused-ring (bicyclic) bond motifs is 1. The van der Waals surface area contributed by atoms with E-state index in [2.05, 4.69) is 20.4 Å². The van der Waals surface area contributed by atoms with Crippen molar-refractivity contribution in [3.63, 3.8) is 0 Å². The Balaban J connectivity index is 1.75. The van der Waals surface area contributed by atoms with Gasteiger partial charge < -0.3 is 10.3 Å². The summed E-state index contributed by atoms with van der Waals surface area (Å²) in [6.07, 6.45) is -4.47. The van der Waals surface area contributed by atoms with Gasteiger partial charge in [0.25, 0.3) is 0 Å². The molecule has 0 radical (unpaired) electrons. The maximum atomic E-state index is 12.7. The van der Waals surface area contributed by atoms with Gasteiger partial charge in [-0.2, -0.15) is 13.2 Å². The summed E-state index contributed by atoms with van der Waals surface area (Å²) in [6.45, 7) is 1.45. The van der Waals surface area contributed by atoms with Crippen molar-refractivity contribution in [2.24, 2.45) is 0 Å². The lowest BCUT2D eigenvalue weighted by Gasteiger charge is -2.26. The van der Waals surface area contributed by atoms with Gasteiger partial charge in [-0.25, -0.2) is 0 Å². The second-order valence-corrected chi connectivity index (χ2v) is 5.43. The van der Waals surface area contributed by atoms with E-state index in [0.717, 1.165) is 9.57 Å². The van der Waals surface area contributed by atoms with E-state index < -0.39 is 12.0 Å². The van der Waals surface area contributed by atoms with E-state index in [1.807, 2.05) is 4.90 Å². The van der Waals surface area contributed by atoms with E-state index in [-0.39, 0.29) is 6.54 Å². The first-order chi connectivity index (χ1) is 9.43. The molecule has 0 atom stereocenters. The molecule has 2 N–H and O–H groups in total. The van der Waals surface area contributed by atoms with Gasteiger partial charge in [-0.05, 0) is 0 Å². The first kappa shape index (κ1) is 13.2. The number of nitrogens with two attached hydrogens (primary N) is 1. The molecule has 2 aromatic rings. The third-order valence-electron chi connectivity index (χ3n) is 2.93. The molecule has 7 nitrogen and oxygen atoms in total. The molecule has 0 aromatic carbocycles. The van der Waals surface area contributed by atoms with Crippen molar-refractivity contribution in [1.29, 1.82) is 0 Å². The minimum Gasteiger partial charge on any atom is -0.374 e. The minimum absolute atomic E-state index is 0.200. The van der Waals surface area contributed by atoms with Crippen molar-refractivity contribution in [3.8, 4) is 0 Å². The lowest BCUT2D eigenvalue weighted by atomic mass is 10.3. The van der Waals surface area contributed by atoms with Gasteiger partial charge in [0.1, 0.15) is 10.8 Å². The van der Waals surface area contributed by atoms with Crippen LogP contribution in [0, 0.1) is 0 Å². The predicted molar refractivity (Wildman–Crippen MR) is 63.5 cm³/mol. The lowest BCUT2D eigenvalue weighted by molar-refractivity contribution is -0.148. The predicted octanol–water partition coefficient (Wildman–Crippen LogP) is 0.746. The summed E-state index contributed by atoms with van der Waals surface area (Å²) in [6, 6.07) is 0. The van der Waals surface area contributed by atoms with E-state index in [4.69, 9.17) is 5.73 Å². The number of halogens is 3. The van der Waals surface area contributed by atoms with Crippen LogP contribution in [-0.2, 0) is 25.8 Å². The Morgan fingerprint density at radius 1 is 1.15 bits per heavy atom.